The highest BCUT2D eigenvalue weighted by Gasteiger charge is 2.52. The average molecular weight is 331 g/mol. The van der Waals surface area contributed by atoms with Crippen LogP contribution in [0.3, 0.4) is 0 Å². The molecule has 0 spiro atoms. The summed E-state index contributed by atoms with van der Waals surface area (Å²) in [7, 11) is -6.09. The molecule has 7 nitrogen and oxygen atoms in total. The molecule has 1 fully saturated rings. The Morgan fingerprint density at radius 3 is 2.09 bits per heavy atom. The molecule has 0 aliphatic carbocycles. The van der Waals surface area contributed by atoms with Crippen molar-refractivity contribution in [2.75, 3.05) is 0 Å². The van der Waals surface area contributed by atoms with Crippen molar-refractivity contribution in [3.05, 3.63) is 28.3 Å². The monoisotopic (exact) mass is 331 g/mol. The van der Waals surface area contributed by atoms with Gasteiger partial charge in [0.15, 0.2) is 4.90 Å². The topological polar surface area (TPSA) is 95.7 Å². The van der Waals surface area contributed by atoms with Gasteiger partial charge in [0.2, 0.25) is 0 Å². The second-order valence-corrected chi connectivity index (χ2v) is 7.33. The number of hydrogen-bond donors (Lipinski definition) is 0. The van der Waals surface area contributed by atoms with Crippen LogP contribution in [0.1, 0.15) is 27.7 Å². The Hall–Kier alpha value is -1.52. The molecule has 0 bridgehead atoms. The Bertz CT molecular complexity index is 717. The molecule has 0 radical (unpaired) electrons. The Labute approximate surface area is 127 Å². The Balaban J connectivity index is 2.48. The Morgan fingerprint density at radius 2 is 1.68 bits per heavy atom. The third-order valence-electron chi connectivity index (χ3n) is 3.97. The average Bonchev–Trinajstić information content (AvgIpc) is 2.56. The second-order valence-electron chi connectivity index (χ2n) is 6.01. The van der Waals surface area contributed by atoms with Crippen LogP contribution in [0.25, 0.3) is 0 Å². The quantitative estimate of drug-likeness (QED) is 0.361. The number of halogens is 1. The first-order valence-corrected chi connectivity index (χ1v) is 7.82. The van der Waals surface area contributed by atoms with Gasteiger partial charge in [-0.05, 0) is 39.2 Å². The van der Waals surface area contributed by atoms with Crippen LogP contribution >= 0.6 is 0 Å². The van der Waals surface area contributed by atoms with Crippen LogP contribution in [0.15, 0.2) is 23.1 Å². The predicted octanol–water partition coefficient (Wildman–Crippen LogP) is 1.55. The molecule has 0 aromatic heterocycles. The van der Waals surface area contributed by atoms with Crippen molar-refractivity contribution in [2.24, 2.45) is 0 Å². The standard InChI is InChI=1S/C12H15BFNO6S/c1-11(2)12(3,4)21-13(20-11)8-5-6-10(22(14,18)19)9(7-8)15(16)17/h5-7H,1-4H3. The summed E-state index contributed by atoms with van der Waals surface area (Å²) in [6, 6.07) is 3.03. The van der Waals surface area contributed by atoms with Crippen LogP contribution in [0, 0.1) is 10.1 Å². The summed E-state index contributed by atoms with van der Waals surface area (Å²) in [5, 5.41) is 11.0. The fourth-order valence-corrected chi connectivity index (χ4v) is 2.62. The van der Waals surface area contributed by atoms with Crippen LogP contribution in [0.2, 0.25) is 0 Å². The SMILES string of the molecule is CC1(C)OB(c2ccc(S(=O)(=O)F)c([N+](=O)[O-])c2)OC1(C)C. The van der Waals surface area contributed by atoms with Gasteiger partial charge in [-0.1, -0.05) is 6.07 Å². The van der Waals surface area contributed by atoms with Crippen LogP contribution in [-0.4, -0.2) is 31.7 Å². The van der Waals surface area contributed by atoms with E-state index in [1.54, 1.807) is 0 Å². The summed E-state index contributed by atoms with van der Waals surface area (Å²) >= 11 is 0. The molecule has 0 saturated carbocycles. The maximum atomic E-state index is 13.1. The summed E-state index contributed by atoms with van der Waals surface area (Å²) in [5.74, 6) is 0. The van der Waals surface area contributed by atoms with Crippen molar-refractivity contribution in [1.82, 2.24) is 0 Å². The number of nitrogens with zero attached hydrogens (tertiary/aromatic N) is 1. The van der Waals surface area contributed by atoms with E-state index in [1.807, 2.05) is 27.7 Å². The fourth-order valence-electron chi connectivity index (χ4n) is 2.01. The maximum Gasteiger partial charge on any atom is 0.495 e. The maximum absolute atomic E-state index is 13.1. The molecule has 1 aliphatic heterocycles. The minimum Gasteiger partial charge on any atom is -0.399 e. The van der Waals surface area contributed by atoms with Gasteiger partial charge in [-0.15, -0.1) is 3.89 Å². The number of nitro benzene ring substituents is 1. The molecule has 1 heterocycles. The van der Waals surface area contributed by atoms with Crippen molar-refractivity contribution in [3.8, 4) is 0 Å². The summed E-state index contributed by atoms with van der Waals surface area (Å²) < 4.78 is 46.5. The molecule has 2 rings (SSSR count). The largest absolute Gasteiger partial charge is 0.495 e. The van der Waals surface area contributed by atoms with Gasteiger partial charge in [0.05, 0.1) is 16.1 Å². The first-order valence-electron chi connectivity index (χ1n) is 6.44. The van der Waals surface area contributed by atoms with Gasteiger partial charge in [0.1, 0.15) is 0 Å². The van der Waals surface area contributed by atoms with E-state index in [1.165, 1.54) is 6.07 Å². The molecule has 10 heteroatoms. The molecule has 1 aromatic carbocycles. The third kappa shape index (κ3) is 2.86. The molecule has 1 aliphatic rings. The smallest absolute Gasteiger partial charge is 0.399 e. The minimum atomic E-state index is -5.19. The molecular formula is C12H15BFNO6S. The first kappa shape index (κ1) is 16.8. The number of benzene rings is 1. The molecule has 0 amide bonds. The van der Waals surface area contributed by atoms with Gasteiger partial charge in [0.25, 0.3) is 5.69 Å². The summed E-state index contributed by atoms with van der Waals surface area (Å²) in [5.41, 5.74) is -1.92. The van der Waals surface area contributed by atoms with Crippen molar-refractivity contribution < 1.29 is 26.5 Å². The molecule has 0 atom stereocenters. The lowest BCUT2D eigenvalue weighted by Gasteiger charge is -2.32. The van der Waals surface area contributed by atoms with Crippen molar-refractivity contribution in [2.45, 2.75) is 43.8 Å². The van der Waals surface area contributed by atoms with E-state index in [4.69, 9.17) is 9.31 Å². The van der Waals surface area contributed by atoms with Crippen molar-refractivity contribution in [1.29, 1.82) is 0 Å². The Kier molecular flexibility index (Phi) is 3.83. The van der Waals surface area contributed by atoms with Gasteiger partial charge in [-0.3, -0.25) is 10.1 Å². The highest BCUT2D eigenvalue weighted by atomic mass is 32.3. The molecular weight excluding hydrogens is 316 g/mol. The fraction of sp³-hybridized carbons (Fsp3) is 0.500. The zero-order valence-electron chi connectivity index (χ0n) is 12.5. The molecule has 120 valence electrons. The van der Waals surface area contributed by atoms with E-state index >= 15 is 0 Å². The molecule has 0 unspecified atom stereocenters. The zero-order valence-corrected chi connectivity index (χ0v) is 13.3. The second kappa shape index (κ2) is 5.00. The third-order valence-corrected chi connectivity index (χ3v) is 4.84. The lowest BCUT2D eigenvalue weighted by atomic mass is 9.79. The van der Waals surface area contributed by atoms with E-state index in [0.29, 0.717) is 0 Å². The van der Waals surface area contributed by atoms with E-state index in [2.05, 4.69) is 0 Å². The summed E-state index contributed by atoms with van der Waals surface area (Å²) in [6.07, 6.45) is 0. The summed E-state index contributed by atoms with van der Waals surface area (Å²) in [6.45, 7) is 7.23. The lowest BCUT2D eigenvalue weighted by Crippen LogP contribution is -2.41. The van der Waals surface area contributed by atoms with Crippen molar-refractivity contribution in [3.63, 3.8) is 0 Å². The highest BCUT2D eigenvalue weighted by molar-refractivity contribution is 7.86. The molecule has 1 saturated heterocycles. The summed E-state index contributed by atoms with van der Waals surface area (Å²) in [4.78, 5) is 9.04. The molecule has 0 N–H and O–H groups in total. The van der Waals surface area contributed by atoms with Gasteiger partial charge >= 0.3 is 17.3 Å². The molecule has 22 heavy (non-hydrogen) atoms. The van der Waals surface area contributed by atoms with E-state index in [-0.39, 0.29) is 5.46 Å². The normalized spacial score (nSPS) is 20.1. The number of nitro groups is 1. The number of hydrogen-bond acceptors (Lipinski definition) is 6. The van der Waals surface area contributed by atoms with Crippen LogP contribution in [0.4, 0.5) is 9.57 Å². The van der Waals surface area contributed by atoms with Gasteiger partial charge in [0, 0.05) is 6.07 Å². The molecule has 1 aromatic rings. The van der Waals surface area contributed by atoms with E-state index in [9.17, 15) is 22.4 Å². The van der Waals surface area contributed by atoms with Gasteiger partial charge in [-0.25, -0.2) is 0 Å². The van der Waals surface area contributed by atoms with Gasteiger partial charge in [-0.2, -0.15) is 8.42 Å². The van der Waals surface area contributed by atoms with Crippen LogP contribution < -0.4 is 5.46 Å². The van der Waals surface area contributed by atoms with E-state index < -0.39 is 44.0 Å². The highest BCUT2D eigenvalue weighted by Crippen LogP contribution is 2.37. The predicted molar refractivity (Wildman–Crippen MR) is 77.1 cm³/mol. The first-order chi connectivity index (χ1) is 9.85. The zero-order chi connectivity index (χ0) is 16.9. The minimum absolute atomic E-state index is 0.248. The lowest BCUT2D eigenvalue weighted by molar-refractivity contribution is -0.387. The van der Waals surface area contributed by atoms with E-state index in [0.717, 1.165) is 12.1 Å². The van der Waals surface area contributed by atoms with Crippen molar-refractivity contribution >= 4 is 28.5 Å². The van der Waals surface area contributed by atoms with Crippen LogP contribution in [0.5, 0.6) is 0 Å². The van der Waals surface area contributed by atoms with Crippen LogP contribution in [-0.2, 0) is 19.5 Å². The van der Waals surface area contributed by atoms with Gasteiger partial charge < -0.3 is 9.31 Å². The number of rotatable bonds is 3. The Morgan fingerprint density at radius 1 is 1.18 bits per heavy atom.